The maximum Gasteiger partial charge on any atom is 0.333 e. The molecule has 172 valence electrons. The largest absolute Gasteiger partial charge is 0.496 e. The monoisotopic (exact) mass is 449 g/mol. The lowest BCUT2D eigenvalue weighted by Gasteiger charge is -2.14. The van der Waals surface area contributed by atoms with Gasteiger partial charge in [0.05, 0.1) is 41.3 Å². The van der Waals surface area contributed by atoms with Crippen LogP contribution in [0.1, 0.15) is 33.3 Å². The van der Waals surface area contributed by atoms with E-state index in [1.165, 1.54) is 13.3 Å². The lowest BCUT2D eigenvalue weighted by molar-refractivity contribution is 0.414. The van der Waals surface area contributed by atoms with E-state index in [1.807, 2.05) is 19.9 Å². The Kier molecular flexibility index (Phi) is 7.06. The summed E-state index contributed by atoms with van der Waals surface area (Å²) < 4.78 is 23.7. The third kappa shape index (κ3) is 4.04. The number of aryl methyl sites for hydroxylation is 1. The number of aromatic nitrogens is 3. The second-order valence-electron chi connectivity index (χ2n) is 7.33. The first-order valence-electron chi connectivity index (χ1n) is 10.5. The van der Waals surface area contributed by atoms with E-state index in [1.54, 1.807) is 67.6 Å². The van der Waals surface area contributed by atoms with Gasteiger partial charge in [0.15, 0.2) is 0 Å². The highest BCUT2D eigenvalue weighted by atomic mass is 19.1. The summed E-state index contributed by atoms with van der Waals surface area (Å²) >= 11 is 0. The van der Waals surface area contributed by atoms with E-state index in [0.717, 1.165) is 0 Å². The maximum atomic E-state index is 14.9. The molecule has 0 aliphatic rings. The molecule has 0 aliphatic carbocycles. The van der Waals surface area contributed by atoms with Gasteiger partial charge in [0.2, 0.25) is 5.97 Å². The third-order valence-electron chi connectivity index (χ3n) is 5.56. The van der Waals surface area contributed by atoms with Crippen LogP contribution in [0.15, 0.2) is 57.5 Å². The minimum absolute atomic E-state index is 0.222. The molecule has 3 rings (SSSR count). The first kappa shape index (κ1) is 23.8. The Morgan fingerprint density at radius 2 is 1.94 bits per heavy atom. The van der Waals surface area contributed by atoms with Crippen molar-refractivity contribution < 1.29 is 9.13 Å². The van der Waals surface area contributed by atoms with Crippen molar-refractivity contribution in [2.45, 2.75) is 27.7 Å². The minimum Gasteiger partial charge on any atom is -0.496 e. The molecular formula is C25H28FN5O2. The highest BCUT2D eigenvalue weighted by Crippen LogP contribution is 2.35. The number of benzene rings is 1. The smallest absolute Gasteiger partial charge is 0.333 e. The molecule has 0 fully saturated rings. The lowest BCUT2D eigenvalue weighted by Crippen LogP contribution is -2.24. The molecule has 7 nitrogen and oxygen atoms in total. The number of imidazole rings is 1. The van der Waals surface area contributed by atoms with Gasteiger partial charge >= 0.3 is 5.69 Å². The van der Waals surface area contributed by atoms with Gasteiger partial charge in [0.25, 0.3) is 0 Å². The molecule has 0 spiro atoms. The van der Waals surface area contributed by atoms with Crippen LogP contribution in [0.5, 0.6) is 5.75 Å². The van der Waals surface area contributed by atoms with Crippen molar-refractivity contribution in [1.29, 1.82) is 0 Å². The van der Waals surface area contributed by atoms with Gasteiger partial charge in [-0.05, 0) is 33.8 Å². The molecule has 8 heteroatoms. The summed E-state index contributed by atoms with van der Waals surface area (Å²) in [6, 6.07) is 3.54. The summed E-state index contributed by atoms with van der Waals surface area (Å²) in [6.07, 6.45) is 8.19. The number of fused-ring (bicyclic) bond motifs is 3. The molecule has 2 heterocycles. The molecule has 0 saturated heterocycles. The van der Waals surface area contributed by atoms with Crippen LogP contribution in [0.2, 0.25) is 0 Å². The summed E-state index contributed by atoms with van der Waals surface area (Å²) in [7, 11) is 4.91. The zero-order valence-electron chi connectivity index (χ0n) is 20.0. The lowest BCUT2D eigenvalue weighted by atomic mass is 10.0. The van der Waals surface area contributed by atoms with Gasteiger partial charge in [0, 0.05) is 42.9 Å². The van der Waals surface area contributed by atoms with Gasteiger partial charge in [-0.25, -0.2) is 9.79 Å². The van der Waals surface area contributed by atoms with Crippen LogP contribution in [0.3, 0.4) is 0 Å². The highest BCUT2D eigenvalue weighted by molar-refractivity contribution is 6.22. The zero-order chi connectivity index (χ0) is 24.3. The van der Waals surface area contributed by atoms with Crippen molar-refractivity contribution in [1.82, 2.24) is 14.1 Å². The van der Waals surface area contributed by atoms with Crippen molar-refractivity contribution in [3.05, 3.63) is 58.8 Å². The molecule has 0 bridgehead atoms. The van der Waals surface area contributed by atoms with Gasteiger partial charge in [-0.1, -0.05) is 18.2 Å². The summed E-state index contributed by atoms with van der Waals surface area (Å²) in [4.78, 5) is 25.9. The highest BCUT2D eigenvalue weighted by Gasteiger charge is 2.21. The Hall–Kier alpha value is -3.81. The second-order valence-corrected chi connectivity index (χ2v) is 7.33. The van der Waals surface area contributed by atoms with Gasteiger partial charge in [-0.15, -0.1) is 0 Å². The van der Waals surface area contributed by atoms with Gasteiger partial charge in [0.1, 0.15) is 5.75 Å². The van der Waals surface area contributed by atoms with Crippen LogP contribution in [0, 0.1) is 0 Å². The van der Waals surface area contributed by atoms with Crippen LogP contribution < -0.4 is 10.4 Å². The molecule has 0 saturated carbocycles. The third-order valence-corrected chi connectivity index (χ3v) is 5.56. The molecule has 0 radical (unpaired) electrons. The zero-order valence-corrected chi connectivity index (χ0v) is 20.0. The molecule has 0 amide bonds. The van der Waals surface area contributed by atoms with Crippen molar-refractivity contribution in [3.63, 3.8) is 0 Å². The summed E-state index contributed by atoms with van der Waals surface area (Å²) in [5.74, 6) is -0.183. The molecule has 1 aromatic carbocycles. The Morgan fingerprint density at radius 3 is 2.52 bits per heavy atom. The van der Waals surface area contributed by atoms with Crippen LogP contribution in [-0.2, 0) is 7.05 Å². The molecule has 3 aromatic rings. The van der Waals surface area contributed by atoms with Crippen LogP contribution in [0.4, 0.5) is 4.39 Å². The number of halogens is 1. The Bertz CT molecular complexity index is 1430. The van der Waals surface area contributed by atoms with Crippen molar-refractivity contribution in [2.75, 3.05) is 14.2 Å². The first-order valence-corrected chi connectivity index (χ1v) is 10.5. The number of allylic oxidation sites excluding steroid dienone is 5. The van der Waals surface area contributed by atoms with Crippen molar-refractivity contribution >= 4 is 44.9 Å². The normalized spacial score (nSPS) is 14.2. The molecule has 2 aromatic heterocycles. The fourth-order valence-corrected chi connectivity index (χ4v) is 3.84. The van der Waals surface area contributed by atoms with E-state index in [-0.39, 0.29) is 11.3 Å². The fraction of sp³-hybridized carbons (Fsp3) is 0.280. The van der Waals surface area contributed by atoms with E-state index in [2.05, 4.69) is 15.0 Å². The molecule has 0 N–H and O–H groups in total. The van der Waals surface area contributed by atoms with Crippen LogP contribution >= 0.6 is 0 Å². The average molecular weight is 450 g/mol. The number of methoxy groups -OCH3 is 1. The fourth-order valence-electron chi connectivity index (χ4n) is 3.84. The van der Waals surface area contributed by atoms with Crippen molar-refractivity contribution in [3.8, 4) is 5.75 Å². The second kappa shape index (κ2) is 9.77. The number of ether oxygens (including phenoxy) is 1. The van der Waals surface area contributed by atoms with Gasteiger partial charge in [-0.3, -0.25) is 19.1 Å². The number of hydrogen-bond acceptors (Lipinski definition) is 5. The Labute approximate surface area is 191 Å². The predicted molar refractivity (Wildman–Crippen MR) is 135 cm³/mol. The number of rotatable bonds is 6. The summed E-state index contributed by atoms with van der Waals surface area (Å²) in [5, 5.41) is 0.683. The quantitative estimate of drug-likeness (QED) is 0.488. The van der Waals surface area contributed by atoms with Gasteiger partial charge < -0.3 is 4.74 Å². The summed E-state index contributed by atoms with van der Waals surface area (Å²) in [6.45, 7) is 7.21. The molecule has 33 heavy (non-hydrogen) atoms. The van der Waals surface area contributed by atoms with E-state index in [9.17, 15) is 9.18 Å². The van der Waals surface area contributed by atoms with Crippen LogP contribution in [0.25, 0.3) is 33.2 Å². The predicted octanol–water partition coefficient (Wildman–Crippen LogP) is 5.15. The molecule has 0 unspecified atom stereocenters. The van der Waals surface area contributed by atoms with Crippen LogP contribution in [-0.4, -0.2) is 40.0 Å². The number of nitrogens with zero attached hydrogens (tertiary/aromatic N) is 5. The van der Waals surface area contributed by atoms with Crippen molar-refractivity contribution in [2.24, 2.45) is 17.0 Å². The minimum atomic E-state index is -0.637. The Morgan fingerprint density at radius 1 is 1.21 bits per heavy atom. The standard InChI is InChI=1S/C25H28FN5O2/c1-8-11-28-24(26)16(9-2)17-12-18-19(13-22(17)33-7)29-14-21-23(18)31(25(32)30(21)6)20(10-3)15(4)27-5/h8-14H,1-7H3/b11-8+,16-9-,20-10+,27-15-,28-24+. The topological polar surface area (TPSA) is 73.8 Å². The summed E-state index contributed by atoms with van der Waals surface area (Å²) in [5.41, 5.74) is 3.88. The SMILES string of the molecule is C\C=C(/C(F)=N\C=C\C)c1cc2c(cc1OC)ncc1c2n(C(=C/C)/C(C)=N\C)c(=O)n1C. The average Bonchev–Trinajstić information content (AvgIpc) is 3.08. The van der Waals surface area contributed by atoms with Gasteiger partial charge in [-0.2, -0.15) is 4.39 Å². The Balaban J connectivity index is 2.51. The molecular weight excluding hydrogens is 421 g/mol. The molecule has 0 aliphatic heterocycles. The number of hydrogen-bond donors (Lipinski definition) is 0. The number of aliphatic imine (C=N–C) groups is 2. The van der Waals surface area contributed by atoms with E-state index >= 15 is 0 Å². The van der Waals surface area contributed by atoms with E-state index in [4.69, 9.17) is 4.74 Å². The maximum absolute atomic E-state index is 14.9. The van der Waals surface area contributed by atoms with E-state index in [0.29, 0.717) is 44.7 Å². The van der Waals surface area contributed by atoms with E-state index < -0.39 is 5.97 Å². The molecule has 0 atom stereocenters. The first-order chi connectivity index (χ1) is 15.8. The number of pyridine rings is 1.